The van der Waals surface area contributed by atoms with Gasteiger partial charge in [0, 0.05) is 23.2 Å². The van der Waals surface area contributed by atoms with Gasteiger partial charge >= 0.3 is 0 Å². The van der Waals surface area contributed by atoms with Crippen LogP contribution in [0.3, 0.4) is 0 Å². The number of nitrogens with zero attached hydrogens (tertiary/aromatic N) is 1. The van der Waals surface area contributed by atoms with Crippen molar-refractivity contribution in [2.24, 2.45) is 0 Å². The molecule has 3 rings (SSSR count). The molecule has 1 N–H and O–H groups in total. The number of carbonyl (C=O) groups excluding carboxylic acids is 1. The molecule has 0 saturated carbocycles. The number of aromatic nitrogens is 1. The van der Waals surface area contributed by atoms with Gasteiger partial charge in [-0.25, -0.2) is 0 Å². The van der Waals surface area contributed by atoms with Crippen LogP contribution < -0.4 is 10.1 Å². The monoisotopic (exact) mass is 374 g/mol. The summed E-state index contributed by atoms with van der Waals surface area (Å²) in [4.78, 5) is 16.4. The average molecular weight is 375 g/mol. The molecule has 0 saturated heterocycles. The minimum Gasteiger partial charge on any atom is -0.491 e. The first-order chi connectivity index (χ1) is 12.1. The molecular formula is C19H16Cl2N2O2. The highest BCUT2D eigenvalue weighted by Crippen LogP contribution is 2.23. The lowest BCUT2D eigenvalue weighted by Gasteiger charge is -2.10. The number of nitrogens with one attached hydrogen (secondary N) is 1. The van der Waals surface area contributed by atoms with Crippen LogP contribution in [0.15, 0.2) is 54.7 Å². The van der Waals surface area contributed by atoms with Crippen molar-refractivity contribution in [3.63, 3.8) is 0 Å². The van der Waals surface area contributed by atoms with Gasteiger partial charge in [-0.1, -0.05) is 41.4 Å². The molecular weight excluding hydrogens is 359 g/mol. The van der Waals surface area contributed by atoms with E-state index in [0.29, 0.717) is 35.2 Å². The molecule has 0 aliphatic rings. The van der Waals surface area contributed by atoms with E-state index in [1.165, 1.54) is 0 Å². The zero-order valence-corrected chi connectivity index (χ0v) is 14.8. The number of halogens is 2. The summed E-state index contributed by atoms with van der Waals surface area (Å²) in [7, 11) is 0. The summed E-state index contributed by atoms with van der Waals surface area (Å²) < 4.78 is 5.79. The summed E-state index contributed by atoms with van der Waals surface area (Å²) in [5, 5.41) is 4.69. The number of pyridine rings is 1. The summed E-state index contributed by atoms with van der Waals surface area (Å²) in [5.74, 6) is 0.513. The molecule has 0 atom stereocenters. The van der Waals surface area contributed by atoms with Gasteiger partial charge in [-0.05, 0) is 36.8 Å². The largest absolute Gasteiger partial charge is 0.491 e. The van der Waals surface area contributed by atoms with Gasteiger partial charge < -0.3 is 10.1 Å². The van der Waals surface area contributed by atoms with E-state index in [4.69, 9.17) is 27.9 Å². The fraction of sp³-hybridized carbons (Fsp3) is 0.158. The number of ether oxygens (including phenoxy) is 1. The highest BCUT2D eigenvalue weighted by Gasteiger charge is 2.10. The lowest BCUT2D eigenvalue weighted by atomic mass is 10.2. The molecule has 0 aliphatic carbocycles. The summed E-state index contributed by atoms with van der Waals surface area (Å²) in [6.07, 6.45) is 2.41. The van der Waals surface area contributed by atoms with Gasteiger partial charge in [-0.3, -0.25) is 9.78 Å². The number of hydrogen-bond acceptors (Lipinski definition) is 3. The number of rotatable bonds is 6. The quantitative estimate of drug-likeness (QED) is 0.633. The van der Waals surface area contributed by atoms with Crippen LogP contribution in [-0.2, 0) is 0 Å². The molecule has 0 fully saturated rings. The molecule has 0 spiro atoms. The lowest BCUT2D eigenvalue weighted by Crippen LogP contribution is -2.25. The van der Waals surface area contributed by atoms with Gasteiger partial charge in [0.05, 0.1) is 17.2 Å². The van der Waals surface area contributed by atoms with Gasteiger partial charge in [0.1, 0.15) is 11.3 Å². The second-order valence-corrected chi connectivity index (χ2v) is 6.26. The first kappa shape index (κ1) is 17.5. The van der Waals surface area contributed by atoms with Crippen molar-refractivity contribution in [1.82, 2.24) is 10.3 Å². The number of carbonyl (C=O) groups is 1. The molecule has 128 valence electrons. The Bertz CT molecular complexity index is 894. The van der Waals surface area contributed by atoms with E-state index in [0.717, 1.165) is 16.7 Å². The van der Waals surface area contributed by atoms with E-state index >= 15 is 0 Å². The minimum absolute atomic E-state index is 0.228. The van der Waals surface area contributed by atoms with Crippen LogP contribution in [0, 0.1) is 0 Å². The van der Waals surface area contributed by atoms with Gasteiger partial charge in [0.2, 0.25) is 0 Å². The van der Waals surface area contributed by atoms with Crippen molar-refractivity contribution < 1.29 is 9.53 Å². The molecule has 2 aromatic carbocycles. The van der Waals surface area contributed by atoms with Crippen LogP contribution in [0.25, 0.3) is 10.9 Å². The maximum Gasteiger partial charge on any atom is 0.252 e. The molecule has 1 heterocycles. The van der Waals surface area contributed by atoms with Crippen molar-refractivity contribution in [2.75, 3.05) is 13.2 Å². The van der Waals surface area contributed by atoms with Crippen LogP contribution >= 0.6 is 23.2 Å². The maximum absolute atomic E-state index is 12.1. The van der Waals surface area contributed by atoms with E-state index in [9.17, 15) is 4.79 Å². The van der Waals surface area contributed by atoms with Crippen molar-refractivity contribution in [2.45, 2.75) is 6.42 Å². The SMILES string of the molecule is O=C(NCCCOc1cccc2cccnc12)c1ccc(Cl)cc1Cl. The molecule has 1 aromatic heterocycles. The Kier molecular flexibility index (Phi) is 5.74. The summed E-state index contributed by atoms with van der Waals surface area (Å²) in [5.41, 5.74) is 1.24. The van der Waals surface area contributed by atoms with Crippen LogP contribution in [0.5, 0.6) is 5.75 Å². The Hall–Kier alpha value is -2.30. The molecule has 25 heavy (non-hydrogen) atoms. The third kappa shape index (κ3) is 4.41. The smallest absolute Gasteiger partial charge is 0.252 e. The van der Waals surface area contributed by atoms with Crippen molar-refractivity contribution in [1.29, 1.82) is 0 Å². The minimum atomic E-state index is -0.228. The van der Waals surface area contributed by atoms with E-state index in [2.05, 4.69) is 10.3 Å². The van der Waals surface area contributed by atoms with Crippen molar-refractivity contribution in [3.05, 3.63) is 70.3 Å². The molecule has 0 aliphatic heterocycles. The highest BCUT2D eigenvalue weighted by molar-refractivity contribution is 6.36. The number of amides is 1. The van der Waals surface area contributed by atoms with Gasteiger partial charge in [-0.15, -0.1) is 0 Å². The van der Waals surface area contributed by atoms with E-state index < -0.39 is 0 Å². The lowest BCUT2D eigenvalue weighted by molar-refractivity contribution is 0.0951. The fourth-order valence-electron chi connectivity index (χ4n) is 2.42. The van der Waals surface area contributed by atoms with E-state index in [1.54, 1.807) is 24.4 Å². The zero-order chi connectivity index (χ0) is 17.6. The summed E-state index contributed by atoms with van der Waals surface area (Å²) in [6, 6.07) is 14.5. The second-order valence-electron chi connectivity index (χ2n) is 5.41. The maximum atomic E-state index is 12.1. The Morgan fingerprint density at radius 2 is 1.96 bits per heavy atom. The van der Waals surface area contributed by atoms with Crippen LogP contribution in [0.4, 0.5) is 0 Å². The molecule has 0 bridgehead atoms. The van der Waals surface area contributed by atoms with Gasteiger partial charge in [-0.2, -0.15) is 0 Å². The Morgan fingerprint density at radius 3 is 2.80 bits per heavy atom. The molecule has 3 aromatic rings. The summed E-state index contributed by atoms with van der Waals surface area (Å²) >= 11 is 11.9. The van der Waals surface area contributed by atoms with Crippen LogP contribution in [0.2, 0.25) is 10.0 Å². The predicted molar refractivity (Wildman–Crippen MR) is 101 cm³/mol. The Balaban J connectivity index is 1.49. The average Bonchev–Trinajstić information content (AvgIpc) is 2.61. The number of hydrogen-bond donors (Lipinski definition) is 1. The van der Waals surface area contributed by atoms with Crippen LogP contribution in [-0.4, -0.2) is 24.0 Å². The van der Waals surface area contributed by atoms with E-state index in [-0.39, 0.29) is 5.91 Å². The fourth-order valence-corrected chi connectivity index (χ4v) is 2.91. The standard InChI is InChI=1S/C19H16Cl2N2O2/c20-14-7-8-15(16(21)12-14)19(24)23-10-3-11-25-17-6-1-4-13-5-2-9-22-18(13)17/h1-2,4-9,12H,3,10-11H2,(H,23,24). The zero-order valence-electron chi connectivity index (χ0n) is 13.3. The topological polar surface area (TPSA) is 51.2 Å². The first-order valence-corrected chi connectivity index (χ1v) is 8.60. The molecule has 4 nitrogen and oxygen atoms in total. The number of fused-ring (bicyclic) bond motifs is 1. The van der Waals surface area contributed by atoms with Crippen LogP contribution in [0.1, 0.15) is 16.8 Å². The van der Waals surface area contributed by atoms with E-state index in [1.807, 2.05) is 30.3 Å². The van der Waals surface area contributed by atoms with Gasteiger partial charge in [0.25, 0.3) is 5.91 Å². The highest BCUT2D eigenvalue weighted by atomic mass is 35.5. The van der Waals surface area contributed by atoms with Crippen molar-refractivity contribution >= 4 is 40.0 Å². The second kappa shape index (κ2) is 8.19. The normalized spacial score (nSPS) is 10.6. The molecule has 1 amide bonds. The molecule has 6 heteroatoms. The van der Waals surface area contributed by atoms with Gasteiger partial charge in [0.15, 0.2) is 0 Å². The number of para-hydroxylation sites is 1. The Labute approximate surface area is 155 Å². The molecule has 0 unspecified atom stereocenters. The third-order valence-corrected chi connectivity index (χ3v) is 4.18. The predicted octanol–water partition coefficient (Wildman–Crippen LogP) is 4.74. The summed E-state index contributed by atoms with van der Waals surface area (Å²) in [6.45, 7) is 0.959. The third-order valence-electron chi connectivity index (χ3n) is 3.64. The number of benzene rings is 2. The Morgan fingerprint density at radius 1 is 1.12 bits per heavy atom. The molecule has 0 radical (unpaired) electrons. The van der Waals surface area contributed by atoms with Crippen molar-refractivity contribution in [3.8, 4) is 5.75 Å². The first-order valence-electron chi connectivity index (χ1n) is 7.85.